The molecular weight excluding hydrogens is 1380 g/mol. The molecule has 0 aliphatic carbocycles. The maximum absolute atomic E-state index is 0. The summed E-state index contributed by atoms with van der Waals surface area (Å²) in [6.07, 6.45) is 0. The zero-order valence-electron chi connectivity index (χ0n) is 10.2. The summed E-state index contributed by atoms with van der Waals surface area (Å²) in [5.74, 6) is 0. The van der Waals surface area contributed by atoms with Gasteiger partial charge in [0.25, 0.3) is 0 Å². The van der Waals surface area contributed by atoms with Gasteiger partial charge in [0, 0.05) is 0 Å². The van der Waals surface area contributed by atoms with E-state index in [1.807, 2.05) is 0 Å². The van der Waals surface area contributed by atoms with Crippen molar-refractivity contribution in [2.75, 3.05) is 0 Å². The van der Waals surface area contributed by atoms with Gasteiger partial charge in [0.2, 0.25) is 0 Å². The van der Waals surface area contributed by atoms with E-state index in [1.54, 1.807) is 0 Å². The van der Waals surface area contributed by atoms with Gasteiger partial charge in [0.1, 0.15) is 0 Å². The third kappa shape index (κ3) is 425. The Bertz CT molecular complexity index is 37.4. The third-order valence-corrected chi connectivity index (χ3v) is 0. The van der Waals surface area contributed by atoms with Crippen LogP contribution in [0.25, 0.3) is 0 Å². The predicted octanol–water partition coefficient (Wildman–Crippen LogP) is -3.32. The third-order valence-electron chi connectivity index (χ3n) is 0. The first-order chi connectivity index (χ1) is 0. The van der Waals surface area contributed by atoms with Gasteiger partial charge in [0.15, 0.2) is 0 Å². The molecule has 0 aromatic heterocycles. The molecule has 15 nitrogen and oxygen atoms in total. The van der Waals surface area contributed by atoms with E-state index in [-0.39, 0.29) is 315 Å². The summed E-state index contributed by atoms with van der Waals surface area (Å²) in [4.78, 5) is 0. The van der Waals surface area contributed by atoms with Crippen LogP contribution < -0.4 is 0 Å². The van der Waals surface area contributed by atoms with E-state index in [2.05, 4.69) is 0 Å². The first-order valence-electron chi connectivity index (χ1n) is 0. The van der Waals surface area contributed by atoms with Crippen LogP contribution in [0.2, 0.25) is 0 Å². The van der Waals surface area contributed by atoms with E-state index in [1.165, 1.54) is 0 Å². The van der Waals surface area contributed by atoms with E-state index in [4.69, 9.17) is 0 Å². The molecule has 0 aliphatic heterocycles. The molecular formula is Bi2Nb2O15Sr2Ta2. The summed E-state index contributed by atoms with van der Waals surface area (Å²) in [7, 11) is 0. The van der Waals surface area contributed by atoms with E-state index < -0.39 is 0 Å². The van der Waals surface area contributed by atoms with Gasteiger partial charge in [-0.2, -0.15) is 0 Å². The fourth-order valence-corrected chi connectivity index (χ4v) is 0. The topological polar surface area (TPSA) is 428 Å². The molecule has 0 spiro atoms. The first kappa shape index (κ1) is 507. The molecule has 23 heteroatoms. The normalized spacial score (nSPS) is 0. The maximum Gasteiger partial charge on any atom is 5.00 e. The molecule has 0 bridgehead atoms. The van der Waals surface area contributed by atoms with E-state index in [0.29, 0.717) is 0 Å². The molecule has 124 valence electrons. The molecule has 0 atom stereocenters. The van der Waals surface area contributed by atoms with Crippen molar-refractivity contribution < 1.29 is 172 Å². The van der Waals surface area contributed by atoms with Crippen LogP contribution >= 0.6 is 0 Å². The molecule has 0 rings (SSSR count). The zero-order valence-corrected chi connectivity index (χ0v) is 35.0. The van der Waals surface area contributed by atoms with Crippen LogP contribution in [0.1, 0.15) is 0 Å². The molecule has 23 heavy (non-hydrogen) atoms. The van der Waals surface area contributed by atoms with Crippen molar-refractivity contribution in [1.82, 2.24) is 0 Å². The Morgan fingerprint density at radius 2 is 0.217 bits per heavy atom. The summed E-state index contributed by atoms with van der Waals surface area (Å²) < 4.78 is 0. The van der Waals surface area contributed by atoms with Gasteiger partial charge in [-0.05, 0) is 0 Å². The van der Waals surface area contributed by atoms with E-state index in [0.717, 1.165) is 0 Å². The van der Waals surface area contributed by atoms with Crippen LogP contribution in [0.15, 0.2) is 0 Å². The molecule has 0 amide bonds. The van der Waals surface area contributed by atoms with Gasteiger partial charge in [-0.25, -0.2) is 0 Å². The summed E-state index contributed by atoms with van der Waals surface area (Å²) >= 11 is 0. The first-order valence-corrected chi connectivity index (χ1v) is 0. The van der Waals surface area contributed by atoms with Gasteiger partial charge in [0.05, 0.1) is 0 Å². The Morgan fingerprint density at radius 1 is 0.217 bits per heavy atom. The van der Waals surface area contributed by atoms with Crippen LogP contribution in [0, 0.1) is 0 Å². The standard InChI is InChI=1S/2Bi.2Nb.15O.2Sr.2Ta/q2*+3;2*+5;15*-2;2*+2;2*+5. The molecule has 0 unspecified atom stereocenters. The zero-order chi connectivity index (χ0) is 0. The minimum Gasteiger partial charge on any atom is -2.00 e. The Labute approximate surface area is 307 Å². The minimum absolute atomic E-state index is 0. The Kier molecular flexibility index (Phi) is 10100. The van der Waals surface area contributed by atoms with Crippen molar-refractivity contribution in [2.45, 2.75) is 0 Å². The fraction of sp³-hybridized carbons (Fsp3) is 0. The summed E-state index contributed by atoms with van der Waals surface area (Å²) in [5.41, 5.74) is 0. The average Bonchev–Trinajstić information content (AvgIpc) is 0. The van der Waals surface area contributed by atoms with Crippen molar-refractivity contribution in [3.63, 3.8) is 0 Å². The summed E-state index contributed by atoms with van der Waals surface area (Å²) in [5, 5.41) is 0. The molecule has 0 saturated heterocycles. The van der Waals surface area contributed by atoms with E-state index in [9.17, 15) is 0 Å². The summed E-state index contributed by atoms with van der Waals surface area (Å²) in [6, 6.07) is 0. The van der Waals surface area contributed by atoms with Crippen LogP contribution in [-0.4, -0.2) is 143 Å². The molecule has 0 N–H and O–H groups in total. The summed E-state index contributed by atoms with van der Waals surface area (Å²) in [6.45, 7) is 0. The van der Waals surface area contributed by atoms with Crippen LogP contribution in [0.5, 0.6) is 0 Å². The molecule has 0 aliphatic rings. The molecule has 0 heterocycles. The van der Waals surface area contributed by atoms with Gasteiger partial charge in [-0.15, -0.1) is 0 Å². The van der Waals surface area contributed by atoms with Crippen molar-refractivity contribution in [3.8, 4) is 0 Å². The number of hydrogen-bond donors (Lipinski definition) is 0. The fourth-order valence-electron chi connectivity index (χ4n) is 0. The molecule has 0 fully saturated rings. The van der Waals surface area contributed by atoms with Crippen LogP contribution in [0.3, 0.4) is 0 Å². The Morgan fingerprint density at radius 3 is 0.217 bits per heavy atom. The Hall–Kier alpha value is 7.09. The van der Waals surface area contributed by atoms with Gasteiger partial charge in [-0.3, -0.25) is 0 Å². The van der Waals surface area contributed by atoms with Gasteiger partial charge >= 0.3 is 233 Å². The predicted molar refractivity (Wildman–Crippen MR) is 33.3 cm³/mol. The van der Waals surface area contributed by atoms with Gasteiger partial charge in [-0.1, -0.05) is 0 Å². The van der Waals surface area contributed by atoms with Gasteiger partial charge < -0.3 is 82.1 Å². The molecule has 4 radical (unpaired) electrons. The number of hydrogen-bond acceptors (Lipinski definition) is 0. The van der Waals surface area contributed by atoms with E-state index >= 15 is 0 Å². The Balaban J connectivity index is 0. The molecule has 0 aromatic rings. The maximum atomic E-state index is 0. The van der Waals surface area contributed by atoms with Crippen molar-refractivity contribution in [3.05, 3.63) is 0 Å². The van der Waals surface area contributed by atoms with Crippen molar-refractivity contribution in [1.29, 1.82) is 0 Å². The second-order valence-corrected chi connectivity index (χ2v) is 0. The largest absolute Gasteiger partial charge is 5.00 e. The smallest absolute Gasteiger partial charge is 2.00 e. The quantitative estimate of drug-likeness (QED) is 0.215. The molecule has 0 saturated carbocycles. The van der Waals surface area contributed by atoms with Crippen LogP contribution in [0.4, 0.5) is 0 Å². The molecule has 0 aromatic carbocycles. The van der Waals surface area contributed by atoms with Crippen molar-refractivity contribution in [2.24, 2.45) is 0 Å². The minimum atomic E-state index is 0. The monoisotopic (exact) mass is 1380 g/mol. The number of rotatable bonds is 0. The van der Waals surface area contributed by atoms with Crippen LogP contribution in [-0.2, 0) is 172 Å². The van der Waals surface area contributed by atoms with Crippen molar-refractivity contribution >= 4 is 143 Å². The second kappa shape index (κ2) is 457. The average molecular weight is 1380 g/mol. The SMILES string of the molecule is [Bi+3].[Bi+3].[Nb+5].[Nb+5].[O-2].[O-2].[O-2].[O-2].[O-2].[O-2].[O-2].[O-2].[O-2].[O-2].[O-2].[O-2].[O-2].[O-2].[O-2].[Sr+2].[Sr+2].[Ta+5].[Ta+5]. The second-order valence-electron chi connectivity index (χ2n) is 0.